The molecule has 1 aromatic heterocycles. The molecule has 3 heterocycles. The fourth-order valence-corrected chi connectivity index (χ4v) is 2.64. The van der Waals surface area contributed by atoms with Gasteiger partial charge < -0.3 is 26.0 Å². The number of fused-ring (bicyclic) bond motifs is 1. The molecule has 1 saturated heterocycles. The number of nitrogens with zero attached hydrogens (tertiary/aromatic N) is 3. The summed E-state index contributed by atoms with van der Waals surface area (Å²) in [7, 11) is 1.87. The van der Waals surface area contributed by atoms with E-state index in [-0.39, 0.29) is 17.5 Å². The van der Waals surface area contributed by atoms with Crippen LogP contribution in [0.15, 0.2) is 0 Å². The number of aromatic nitrogens is 2. The predicted octanol–water partition coefficient (Wildman–Crippen LogP) is 0.592. The molecule has 0 aliphatic carbocycles. The Kier molecular flexibility index (Phi) is 3.63. The minimum absolute atomic E-state index is 0.0102. The molecular weight excluding hydrogens is 301 g/mol. The van der Waals surface area contributed by atoms with Gasteiger partial charge in [0.05, 0.1) is 0 Å². The van der Waals surface area contributed by atoms with Crippen LogP contribution in [0.3, 0.4) is 0 Å². The molecule has 4 N–H and O–H groups in total. The van der Waals surface area contributed by atoms with E-state index in [1.54, 1.807) is 0 Å². The summed E-state index contributed by atoms with van der Waals surface area (Å²) in [5, 5.41) is 5.51. The summed E-state index contributed by atoms with van der Waals surface area (Å²) in [6.45, 7) is 0.895. The highest BCUT2D eigenvalue weighted by Gasteiger charge is 2.44. The molecule has 0 bridgehead atoms. The standard InChI is InChI=1S/C12H17F3N6O/c1-17-6-2-3-21(4-6)10-8-9(19-11(16)20-10)18-7(5-22-8)12(13,14)15/h6-7,17H,2-5H2,1H3,(H3,16,18,19,20)/t6-,7?/m1/s1. The smallest absolute Gasteiger partial charge is 0.411 e. The molecule has 2 atom stereocenters. The Bertz CT molecular complexity index is 567. The van der Waals surface area contributed by atoms with Crippen molar-refractivity contribution in [1.82, 2.24) is 15.3 Å². The molecule has 0 aromatic carbocycles. The van der Waals surface area contributed by atoms with E-state index in [0.29, 0.717) is 18.4 Å². The van der Waals surface area contributed by atoms with Crippen LogP contribution < -0.4 is 26.0 Å². The van der Waals surface area contributed by atoms with E-state index in [9.17, 15) is 13.2 Å². The van der Waals surface area contributed by atoms with E-state index in [2.05, 4.69) is 20.6 Å². The van der Waals surface area contributed by atoms with Gasteiger partial charge in [0.1, 0.15) is 6.61 Å². The van der Waals surface area contributed by atoms with E-state index in [0.717, 1.165) is 13.0 Å². The number of likely N-dealkylation sites (N-methyl/N-ethyl adjacent to an activating group) is 1. The van der Waals surface area contributed by atoms with Crippen LogP contribution in [0.2, 0.25) is 0 Å². The van der Waals surface area contributed by atoms with Crippen LogP contribution in [-0.4, -0.2) is 55.0 Å². The molecule has 0 saturated carbocycles. The quantitative estimate of drug-likeness (QED) is 0.735. The highest BCUT2D eigenvalue weighted by Crippen LogP contribution is 2.40. The van der Waals surface area contributed by atoms with Gasteiger partial charge >= 0.3 is 6.18 Å². The number of alkyl halides is 3. The lowest BCUT2D eigenvalue weighted by Crippen LogP contribution is -2.44. The van der Waals surface area contributed by atoms with Crippen LogP contribution in [0, 0.1) is 0 Å². The zero-order valence-corrected chi connectivity index (χ0v) is 11.9. The van der Waals surface area contributed by atoms with Crippen molar-refractivity contribution in [3.63, 3.8) is 0 Å². The van der Waals surface area contributed by atoms with Gasteiger partial charge in [-0.05, 0) is 13.5 Å². The van der Waals surface area contributed by atoms with Gasteiger partial charge in [0.25, 0.3) is 0 Å². The number of nitrogen functional groups attached to an aromatic ring is 1. The second-order valence-corrected chi connectivity index (χ2v) is 5.35. The van der Waals surface area contributed by atoms with Gasteiger partial charge in [0.15, 0.2) is 17.7 Å². The van der Waals surface area contributed by atoms with Gasteiger partial charge in [0, 0.05) is 19.1 Å². The van der Waals surface area contributed by atoms with Crippen LogP contribution >= 0.6 is 0 Å². The third-order valence-electron chi connectivity index (χ3n) is 3.86. The highest BCUT2D eigenvalue weighted by atomic mass is 19.4. The topological polar surface area (TPSA) is 88.3 Å². The fourth-order valence-electron chi connectivity index (χ4n) is 2.64. The third kappa shape index (κ3) is 2.70. The van der Waals surface area contributed by atoms with Crippen LogP contribution in [-0.2, 0) is 0 Å². The lowest BCUT2D eigenvalue weighted by molar-refractivity contribution is -0.149. The maximum absolute atomic E-state index is 12.8. The maximum atomic E-state index is 12.8. The first-order valence-electron chi connectivity index (χ1n) is 6.94. The molecule has 22 heavy (non-hydrogen) atoms. The van der Waals surface area contributed by atoms with E-state index >= 15 is 0 Å². The summed E-state index contributed by atoms with van der Waals surface area (Å²) < 4.78 is 43.7. The second-order valence-electron chi connectivity index (χ2n) is 5.35. The number of hydrogen-bond donors (Lipinski definition) is 3. The zero-order chi connectivity index (χ0) is 15.9. The molecule has 2 aliphatic heterocycles. The first kappa shape index (κ1) is 14.9. The van der Waals surface area contributed by atoms with Crippen molar-refractivity contribution >= 4 is 17.6 Å². The fraction of sp³-hybridized carbons (Fsp3) is 0.667. The Morgan fingerprint density at radius 2 is 2.18 bits per heavy atom. The average Bonchev–Trinajstić information content (AvgIpc) is 2.93. The van der Waals surface area contributed by atoms with Gasteiger partial charge in [0.2, 0.25) is 11.7 Å². The SMILES string of the molecule is CN[C@@H]1CCN(c2nc(N)nc3c2OCC(C(F)(F)F)N3)C1. The van der Waals surface area contributed by atoms with E-state index in [4.69, 9.17) is 10.5 Å². The van der Waals surface area contributed by atoms with Crippen LogP contribution in [0.4, 0.5) is 30.8 Å². The van der Waals surface area contributed by atoms with Gasteiger partial charge in [-0.2, -0.15) is 23.1 Å². The van der Waals surface area contributed by atoms with Gasteiger partial charge in [-0.15, -0.1) is 0 Å². The molecule has 0 spiro atoms. The molecule has 1 fully saturated rings. The summed E-state index contributed by atoms with van der Waals surface area (Å²) in [6, 6.07) is -1.50. The molecule has 3 rings (SSSR count). The molecular formula is C12H17F3N6O. The van der Waals surface area contributed by atoms with E-state index in [1.807, 2.05) is 11.9 Å². The predicted molar refractivity (Wildman–Crippen MR) is 75.1 cm³/mol. The first-order valence-corrected chi connectivity index (χ1v) is 6.94. The third-order valence-corrected chi connectivity index (χ3v) is 3.86. The average molecular weight is 318 g/mol. The lowest BCUT2D eigenvalue weighted by atomic mass is 10.2. The molecule has 0 radical (unpaired) electrons. The minimum atomic E-state index is -4.41. The van der Waals surface area contributed by atoms with Gasteiger partial charge in [-0.1, -0.05) is 0 Å². The number of nitrogens with one attached hydrogen (secondary N) is 2. The maximum Gasteiger partial charge on any atom is 0.411 e. The summed E-state index contributed by atoms with van der Waals surface area (Å²) in [6.07, 6.45) is -3.50. The lowest BCUT2D eigenvalue weighted by Gasteiger charge is -2.30. The van der Waals surface area contributed by atoms with E-state index < -0.39 is 18.8 Å². The zero-order valence-electron chi connectivity index (χ0n) is 11.9. The van der Waals surface area contributed by atoms with Crippen molar-refractivity contribution in [3.8, 4) is 5.75 Å². The number of ether oxygens (including phenoxy) is 1. The number of rotatable bonds is 2. The normalized spacial score (nSPS) is 24.6. The highest BCUT2D eigenvalue weighted by molar-refractivity contribution is 5.69. The monoisotopic (exact) mass is 318 g/mol. The van der Waals surface area contributed by atoms with Crippen molar-refractivity contribution in [2.45, 2.75) is 24.7 Å². The molecule has 7 nitrogen and oxygen atoms in total. The molecule has 1 unspecified atom stereocenters. The van der Waals surface area contributed by atoms with Gasteiger partial charge in [-0.3, -0.25) is 0 Å². The number of nitrogens with two attached hydrogens (primary N) is 1. The van der Waals surface area contributed by atoms with Crippen molar-refractivity contribution in [2.75, 3.05) is 42.7 Å². The Hall–Kier alpha value is -1.97. The molecule has 122 valence electrons. The van der Waals surface area contributed by atoms with Crippen molar-refractivity contribution in [1.29, 1.82) is 0 Å². The molecule has 1 aromatic rings. The largest absolute Gasteiger partial charge is 0.484 e. The van der Waals surface area contributed by atoms with E-state index in [1.165, 1.54) is 0 Å². The summed E-state index contributed by atoms with van der Waals surface area (Å²) >= 11 is 0. The van der Waals surface area contributed by atoms with Crippen molar-refractivity contribution in [2.24, 2.45) is 0 Å². The number of hydrogen-bond acceptors (Lipinski definition) is 7. The van der Waals surface area contributed by atoms with Crippen molar-refractivity contribution < 1.29 is 17.9 Å². The Labute approximate surface area is 125 Å². The first-order chi connectivity index (χ1) is 10.4. The molecule has 10 heteroatoms. The Morgan fingerprint density at radius 1 is 1.41 bits per heavy atom. The number of halogens is 3. The Balaban J connectivity index is 1.90. The Morgan fingerprint density at radius 3 is 2.82 bits per heavy atom. The second kappa shape index (κ2) is 5.34. The summed E-state index contributed by atoms with van der Waals surface area (Å²) in [5.41, 5.74) is 5.63. The van der Waals surface area contributed by atoms with Crippen LogP contribution in [0.25, 0.3) is 0 Å². The van der Waals surface area contributed by atoms with Crippen LogP contribution in [0.1, 0.15) is 6.42 Å². The molecule has 0 amide bonds. The van der Waals surface area contributed by atoms with Crippen LogP contribution in [0.5, 0.6) is 5.75 Å². The van der Waals surface area contributed by atoms with Gasteiger partial charge in [-0.25, -0.2) is 0 Å². The number of anilines is 3. The van der Waals surface area contributed by atoms with Crippen molar-refractivity contribution in [3.05, 3.63) is 0 Å². The summed E-state index contributed by atoms with van der Waals surface area (Å²) in [5.74, 6) is 0.574. The minimum Gasteiger partial charge on any atom is -0.484 e. The molecule has 2 aliphatic rings. The summed E-state index contributed by atoms with van der Waals surface area (Å²) in [4.78, 5) is 9.92.